The summed E-state index contributed by atoms with van der Waals surface area (Å²) < 4.78 is 12.3. The van der Waals surface area contributed by atoms with Crippen molar-refractivity contribution in [1.29, 1.82) is 0 Å². The van der Waals surface area contributed by atoms with Gasteiger partial charge in [0.2, 0.25) is 11.8 Å². The lowest BCUT2D eigenvalue weighted by Crippen LogP contribution is -2.53. The van der Waals surface area contributed by atoms with Crippen molar-refractivity contribution >= 4 is 17.8 Å². The van der Waals surface area contributed by atoms with E-state index in [-0.39, 0.29) is 31.3 Å². The standard InChI is InChI=1S/C34H38N2O5/c1-5-40-32(39)34(21-25-15-9-6-10-16-25)24(2)29(30(41-34)27-19-13-8-14-20-27)31(38)36-28(37)22-33(3,4)35(36)23-26-17-11-7-12-18-26/h6-20,24,29-30H,5,21-23H2,1-4H3/t24-,29-,30-,34-/m0/s1. The van der Waals surface area contributed by atoms with Gasteiger partial charge in [0.05, 0.1) is 18.6 Å². The first-order valence-electron chi connectivity index (χ1n) is 14.3. The average Bonchev–Trinajstić information content (AvgIpc) is 3.39. The fourth-order valence-electron chi connectivity index (χ4n) is 6.25. The van der Waals surface area contributed by atoms with Crippen LogP contribution in [0.3, 0.4) is 0 Å². The maximum absolute atomic E-state index is 14.7. The molecule has 4 atom stereocenters. The molecule has 3 aromatic carbocycles. The normalized spacial score (nSPS) is 25.8. The zero-order chi connectivity index (χ0) is 29.2. The highest BCUT2D eigenvalue weighted by Crippen LogP contribution is 2.52. The van der Waals surface area contributed by atoms with Gasteiger partial charge in [0.15, 0.2) is 5.60 Å². The summed E-state index contributed by atoms with van der Waals surface area (Å²) in [5.41, 5.74) is 0.679. The first-order chi connectivity index (χ1) is 19.7. The molecule has 0 saturated carbocycles. The van der Waals surface area contributed by atoms with Crippen LogP contribution < -0.4 is 0 Å². The minimum absolute atomic E-state index is 0.184. The van der Waals surface area contributed by atoms with Crippen LogP contribution in [-0.4, -0.2) is 45.5 Å². The Bertz CT molecular complexity index is 1380. The number of carbonyl (C=O) groups is 3. The van der Waals surface area contributed by atoms with Gasteiger partial charge in [-0.05, 0) is 37.5 Å². The number of imide groups is 1. The number of hydrogen-bond donors (Lipinski definition) is 0. The number of ether oxygens (including phenoxy) is 2. The Morgan fingerprint density at radius 1 is 0.902 bits per heavy atom. The average molecular weight is 555 g/mol. The number of carbonyl (C=O) groups excluding carboxylic acids is 3. The number of hydrazine groups is 1. The summed E-state index contributed by atoms with van der Waals surface area (Å²) in [7, 11) is 0. The summed E-state index contributed by atoms with van der Waals surface area (Å²) in [6.07, 6.45) is -0.299. The van der Waals surface area contributed by atoms with Crippen LogP contribution in [0.1, 0.15) is 56.9 Å². The highest BCUT2D eigenvalue weighted by Gasteiger charge is 2.62. The molecule has 2 heterocycles. The third kappa shape index (κ3) is 5.44. The third-order valence-corrected chi connectivity index (χ3v) is 8.43. The van der Waals surface area contributed by atoms with E-state index >= 15 is 0 Å². The van der Waals surface area contributed by atoms with E-state index < -0.39 is 35.0 Å². The number of nitrogens with zero attached hydrogens (tertiary/aromatic N) is 2. The lowest BCUT2D eigenvalue weighted by Gasteiger charge is -2.37. The molecule has 0 bridgehead atoms. The Labute approximate surface area is 242 Å². The van der Waals surface area contributed by atoms with Crippen molar-refractivity contribution in [2.24, 2.45) is 11.8 Å². The molecule has 0 unspecified atom stereocenters. The van der Waals surface area contributed by atoms with Gasteiger partial charge in [0, 0.05) is 30.8 Å². The number of amides is 2. The molecule has 0 radical (unpaired) electrons. The van der Waals surface area contributed by atoms with Crippen molar-refractivity contribution in [1.82, 2.24) is 10.0 Å². The van der Waals surface area contributed by atoms with Crippen LogP contribution in [0, 0.1) is 11.8 Å². The fourth-order valence-corrected chi connectivity index (χ4v) is 6.25. The summed E-state index contributed by atoms with van der Waals surface area (Å²) in [5, 5.41) is 3.18. The van der Waals surface area contributed by atoms with Gasteiger partial charge in [-0.15, -0.1) is 0 Å². The molecular formula is C34H38N2O5. The molecule has 2 aliphatic rings. The van der Waals surface area contributed by atoms with E-state index in [1.807, 2.05) is 117 Å². The maximum Gasteiger partial charge on any atom is 0.339 e. The molecule has 3 aromatic rings. The Morgan fingerprint density at radius 2 is 1.46 bits per heavy atom. The molecule has 0 N–H and O–H groups in total. The zero-order valence-electron chi connectivity index (χ0n) is 24.2. The van der Waals surface area contributed by atoms with Gasteiger partial charge < -0.3 is 9.47 Å². The van der Waals surface area contributed by atoms with Crippen LogP contribution in [0.4, 0.5) is 0 Å². The highest BCUT2D eigenvalue weighted by atomic mass is 16.6. The minimum atomic E-state index is -1.42. The smallest absolute Gasteiger partial charge is 0.339 e. The van der Waals surface area contributed by atoms with E-state index in [1.54, 1.807) is 6.92 Å². The zero-order valence-corrected chi connectivity index (χ0v) is 24.2. The molecule has 7 nitrogen and oxygen atoms in total. The van der Waals surface area contributed by atoms with Crippen molar-refractivity contribution in [2.75, 3.05) is 6.61 Å². The van der Waals surface area contributed by atoms with Crippen LogP contribution in [0.2, 0.25) is 0 Å². The van der Waals surface area contributed by atoms with Crippen molar-refractivity contribution in [2.45, 2.75) is 64.3 Å². The highest BCUT2D eigenvalue weighted by molar-refractivity contribution is 5.99. The molecule has 0 spiro atoms. The second kappa shape index (κ2) is 11.6. The summed E-state index contributed by atoms with van der Waals surface area (Å²) in [6, 6.07) is 28.9. The number of esters is 1. The molecule has 5 rings (SSSR count). The van der Waals surface area contributed by atoms with Gasteiger partial charge in [-0.3, -0.25) is 9.59 Å². The quantitative estimate of drug-likeness (QED) is 0.270. The van der Waals surface area contributed by atoms with E-state index in [0.717, 1.165) is 16.7 Å². The molecule has 0 aliphatic carbocycles. The maximum atomic E-state index is 14.7. The summed E-state index contributed by atoms with van der Waals surface area (Å²) in [6.45, 7) is 8.17. The van der Waals surface area contributed by atoms with Crippen molar-refractivity contribution < 1.29 is 23.9 Å². The summed E-state index contributed by atoms with van der Waals surface area (Å²) in [4.78, 5) is 42.0. The molecule has 214 valence electrons. The molecule has 0 aromatic heterocycles. The van der Waals surface area contributed by atoms with Gasteiger partial charge in [0.1, 0.15) is 0 Å². The second-order valence-corrected chi connectivity index (χ2v) is 11.6. The molecule has 2 saturated heterocycles. The van der Waals surface area contributed by atoms with E-state index in [4.69, 9.17) is 9.47 Å². The number of hydrogen-bond acceptors (Lipinski definition) is 6. The van der Waals surface area contributed by atoms with Crippen molar-refractivity contribution in [3.05, 3.63) is 108 Å². The van der Waals surface area contributed by atoms with Crippen LogP contribution in [0.5, 0.6) is 0 Å². The van der Waals surface area contributed by atoms with Gasteiger partial charge in [0.25, 0.3) is 0 Å². The van der Waals surface area contributed by atoms with E-state index in [9.17, 15) is 14.4 Å². The fraction of sp³-hybridized carbons (Fsp3) is 0.382. The van der Waals surface area contributed by atoms with Gasteiger partial charge in [-0.1, -0.05) is 97.9 Å². The number of benzene rings is 3. The molecular weight excluding hydrogens is 516 g/mol. The first kappa shape index (κ1) is 28.7. The first-order valence-corrected chi connectivity index (χ1v) is 14.3. The SMILES string of the molecule is CCOC(=O)[C@@]1(Cc2ccccc2)O[C@@H](c2ccccc2)[C@@H](C(=O)N2C(=O)CC(C)(C)N2Cc2ccccc2)[C@@H]1C. The largest absolute Gasteiger partial charge is 0.464 e. The Kier molecular flexibility index (Phi) is 8.11. The topological polar surface area (TPSA) is 76.1 Å². The molecule has 2 aliphatic heterocycles. The van der Waals surface area contributed by atoms with Crippen LogP contribution in [-0.2, 0) is 36.8 Å². The Morgan fingerprint density at radius 3 is 2.05 bits per heavy atom. The molecule has 7 heteroatoms. The lowest BCUT2D eigenvalue weighted by molar-refractivity contribution is -0.174. The lowest BCUT2D eigenvalue weighted by atomic mass is 9.76. The number of rotatable bonds is 8. The van der Waals surface area contributed by atoms with Crippen molar-refractivity contribution in [3.8, 4) is 0 Å². The summed E-state index contributed by atoms with van der Waals surface area (Å²) in [5.74, 6) is -2.51. The molecule has 2 amide bonds. The third-order valence-electron chi connectivity index (χ3n) is 8.43. The minimum Gasteiger partial charge on any atom is -0.464 e. The van der Waals surface area contributed by atoms with E-state index in [2.05, 4.69) is 0 Å². The van der Waals surface area contributed by atoms with E-state index in [0.29, 0.717) is 6.54 Å². The van der Waals surface area contributed by atoms with Gasteiger partial charge >= 0.3 is 5.97 Å². The monoisotopic (exact) mass is 554 g/mol. The predicted octanol–water partition coefficient (Wildman–Crippen LogP) is 5.51. The predicted molar refractivity (Wildman–Crippen MR) is 155 cm³/mol. The molecule has 2 fully saturated rings. The van der Waals surface area contributed by atoms with Gasteiger partial charge in [-0.25, -0.2) is 14.8 Å². The van der Waals surface area contributed by atoms with Crippen LogP contribution in [0.25, 0.3) is 0 Å². The second-order valence-electron chi connectivity index (χ2n) is 11.6. The van der Waals surface area contributed by atoms with Crippen LogP contribution in [0.15, 0.2) is 91.0 Å². The Hall–Kier alpha value is -3.81. The van der Waals surface area contributed by atoms with Crippen LogP contribution >= 0.6 is 0 Å². The Balaban J connectivity index is 1.58. The van der Waals surface area contributed by atoms with Crippen molar-refractivity contribution in [3.63, 3.8) is 0 Å². The molecule has 41 heavy (non-hydrogen) atoms. The van der Waals surface area contributed by atoms with Gasteiger partial charge in [-0.2, -0.15) is 0 Å². The van der Waals surface area contributed by atoms with E-state index in [1.165, 1.54) is 5.01 Å². The summed E-state index contributed by atoms with van der Waals surface area (Å²) >= 11 is 0.